The first-order valence-corrected chi connectivity index (χ1v) is 16.5. The van der Waals surface area contributed by atoms with Gasteiger partial charge in [0.1, 0.15) is 12.2 Å². The topological polar surface area (TPSA) is 86.7 Å². The molecule has 0 aliphatic heterocycles. The molecule has 43 heavy (non-hydrogen) atoms. The number of hydrogen-bond acceptors (Lipinski definition) is 6. The molecule has 2 aliphatic carbocycles. The van der Waals surface area contributed by atoms with Gasteiger partial charge in [-0.25, -0.2) is 0 Å². The molecule has 2 aliphatic rings. The largest absolute Gasteiger partial charge is 0.297 e. The van der Waals surface area contributed by atoms with Crippen LogP contribution in [0.4, 0.5) is 0 Å². The van der Waals surface area contributed by atoms with Crippen LogP contribution in [0.25, 0.3) is 12.2 Å². The van der Waals surface area contributed by atoms with Crippen LogP contribution in [0.5, 0.6) is 0 Å². The van der Waals surface area contributed by atoms with E-state index < -0.39 is 32.4 Å². The fourth-order valence-electron chi connectivity index (χ4n) is 5.41. The molecule has 0 bridgehead atoms. The van der Waals surface area contributed by atoms with E-state index >= 15 is 0 Å². The van der Waals surface area contributed by atoms with Crippen molar-refractivity contribution in [2.24, 2.45) is 0 Å². The summed E-state index contributed by atoms with van der Waals surface area (Å²) < 4.78 is 64.9. The van der Waals surface area contributed by atoms with Crippen molar-refractivity contribution in [3.8, 4) is 0 Å². The van der Waals surface area contributed by atoms with Crippen LogP contribution in [-0.2, 0) is 54.8 Å². The third-order valence-electron chi connectivity index (χ3n) is 7.68. The van der Waals surface area contributed by atoms with Crippen LogP contribution in [0.15, 0.2) is 118 Å². The molecule has 218 valence electrons. The maximum absolute atomic E-state index is 13.3. The van der Waals surface area contributed by atoms with Crippen LogP contribution in [0, 0.1) is 13.8 Å². The number of benzene rings is 4. The molecule has 0 heterocycles. The molecule has 9 heteroatoms. The third kappa shape index (κ3) is 6.62. The summed E-state index contributed by atoms with van der Waals surface area (Å²) in [5.74, 6) is 0. The zero-order valence-electron chi connectivity index (χ0n) is 23.7. The molecule has 0 amide bonds. The van der Waals surface area contributed by atoms with Crippen LogP contribution in [0.2, 0.25) is 0 Å². The van der Waals surface area contributed by atoms with Crippen molar-refractivity contribution in [1.82, 2.24) is 0 Å². The van der Waals surface area contributed by atoms with Gasteiger partial charge < -0.3 is 0 Å². The minimum atomic E-state index is -4.05. The molecule has 0 fully saturated rings. The maximum atomic E-state index is 13.3. The van der Waals surface area contributed by atoms with E-state index in [4.69, 9.17) is 8.37 Å². The minimum absolute atomic E-state index is 0. The first kappa shape index (κ1) is 31.5. The van der Waals surface area contributed by atoms with Crippen molar-refractivity contribution < 1.29 is 51.4 Å². The van der Waals surface area contributed by atoms with Gasteiger partial charge in [-0.05, 0) is 84.4 Å². The first-order valence-electron chi connectivity index (χ1n) is 13.7. The van der Waals surface area contributed by atoms with Gasteiger partial charge in [0.25, 0.3) is 20.2 Å². The Balaban J connectivity index is 0.00000368. The van der Waals surface area contributed by atoms with Crippen molar-refractivity contribution in [3.63, 3.8) is 0 Å². The Bertz CT molecular complexity index is 1780. The normalized spacial score (nSPS) is 17.4. The van der Waals surface area contributed by atoms with Gasteiger partial charge >= 0.3 is 0 Å². The van der Waals surface area contributed by atoms with Crippen LogP contribution >= 0.6 is 0 Å². The minimum Gasteiger partial charge on any atom is -0.254 e. The molecule has 0 saturated carbocycles. The summed E-state index contributed by atoms with van der Waals surface area (Å²) >= 11 is 0. The third-order valence-corrected chi connectivity index (χ3v) is 10.3. The van der Waals surface area contributed by atoms with Gasteiger partial charge in [0.05, 0.1) is 9.79 Å². The molecule has 2 atom stereocenters. The van der Waals surface area contributed by atoms with Crippen molar-refractivity contribution >= 4 is 32.4 Å². The predicted molar refractivity (Wildman–Crippen MR) is 162 cm³/mol. The summed E-state index contributed by atoms with van der Waals surface area (Å²) in [6.45, 7) is 3.79. The van der Waals surface area contributed by atoms with E-state index in [0.29, 0.717) is 12.8 Å². The predicted octanol–water partition coefficient (Wildman–Crippen LogP) is 7.47. The van der Waals surface area contributed by atoms with E-state index in [1.54, 1.807) is 48.5 Å². The zero-order valence-corrected chi connectivity index (χ0v) is 27.8. The Kier molecular flexibility index (Phi) is 9.21. The summed E-state index contributed by atoms with van der Waals surface area (Å²) in [6.07, 6.45) is 3.26. The summed E-state index contributed by atoms with van der Waals surface area (Å²) in [4.78, 5) is 0.195. The number of rotatable bonds is 9. The second-order valence-corrected chi connectivity index (χ2v) is 13.8. The molecule has 0 N–H and O–H groups in total. The van der Waals surface area contributed by atoms with Gasteiger partial charge in [0.2, 0.25) is 0 Å². The van der Waals surface area contributed by atoms with Crippen LogP contribution < -0.4 is 0 Å². The fourth-order valence-corrected chi connectivity index (χ4v) is 7.53. The molecule has 0 saturated heterocycles. The number of hydrogen-bond donors (Lipinski definition) is 0. The maximum Gasteiger partial charge on any atom is 0.297 e. The molecule has 0 spiro atoms. The summed E-state index contributed by atoms with van der Waals surface area (Å²) in [7, 11) is -8.09. The number of aryl methyl sites for hydroxylation is 2. The molecule has 0 aromatic heterocycles. The Labute approximate surface area is 272 Å². The average molecular weight is 690 g/mol. The second-order valence-electron chi connectivity index (χ2n) is 10.7. The summed E-state index contributed by atoms with van der Waals surface area (Å²) in [5.41, 5.74) is 6.85. The summed E-state index contributed by atoms with van der Waals surface area (Å²) in [6, 6.07) is 28.3. The average Bonchev–Trinajstić information content (AvgIpc) is 3.49. The molecule has 6 nitrogen and oxygen atoms in total. The zero-order chi connectivity index (χ0) is 29.5. The molecule has 6 rings (SSSR count). The van der Waals surface area contributed by atoms with Crippen LogP contribution in [-0.4, -0.2) is 16.8 Å². The van der Waals surface area contributed by atoms with Gasteiger partial charge in [-0.3, -0.25) is 8.37 Å². The molecule has 2 unspecified atom stereocenters. The molecule has 0 radical (unpaired) electrons. The van der Waals surface area contributed by atoms with Crippen molar-refractivity contribution in [3.05, 3.63) is 142 Å². The Hall–Kier alpha value is -2.94. The van der Waals surface area contributed by atoms with Crippen molar-refractivity contribution in [1.29, 1.82) is 0 Å². The van der Waals surface area contributed by atoms with Crippen molar-refractivity contribution in [2.75, 3.05) is 0 Å². The van der Waals surface area contributed by atoms with E-state index in [1.165, 1.54) is 0 Å². The van der Waals surface area contributed by atoms with E-state index in [9.17, 15) is 16.8 Å². The van der Waals surface area contributed by atoms with E-state index in [0.717, 1.165) is 44.5 Å². The van der Waals surface area contributed by atoms with Crippen molar-refractivity contribution in [2.45, 2.75) is 48.7 Å². The molecular formula is C34H30O6S2Zr. The van der Waals surface area contributed by atoms with E-state index in [-0.39, 0.29) is 36.0 Å². The summed E-state index contributed by atoms with van der Waals surface area (Å²) in [5, 5.41) is 0. The van der Waals surface area contributed by atoms with Crippen LogP contribution in [0.1, 0.15) is 58.4 Å². The van der Waals surface area contributed by atoms with E-state index in [1.807, 2.05) is 74.5 Å². The Morgan fingerprint density at radius 3 is 1.26 bits per heavy atom. The fraction of sp³-hybridized carbons (Fsp3) is 0.176. The number of fused-ring (bicyclic) bond motifs is 2. The van der Waals surface area contributed by atoms with Crippen LogP contribution in [0.3, 0.4) is 0 Å². The standard InChI is InChI=1S/C34H30O6S2.Zr/c1-23-11-17-29(18-12-23)41(35,36)39-33-27(21-25-7-3-5-9-31(25)33)15-16-28-22-26-8-4-6-10-32(26)34(28)40-42(37,38)30-19-13-24(2)14-20-30;/h3-14,17-22,33-34H,15-16H2,1-2H3;. The monoisotopic (exact) mass is 688 g/mol. The Morgan fingerprint density at radius 2 is 0.884 bits per heavy atom. The SMILES string of the molecule is Cc1ccc(S(=O)(=O)OC2C(CCC3=Cc4ccccc4C3OS(=O)(=O)c3ccc(C)cc3)=Cc3ccccc32)cc1.[Zr]. The van der Waals surface area contributed by atoms with Gasteiger partial charge in [-0.1, -0.05) is 96.1 Å². The molecular weight excluding hydrogens is 660 g/mol. The van der Waals surface area contributed by atoms with Gasteiger partial charge in [-0.15, -0.1) is 0 Å². The smallest absolute Gasteiger partial charge is 0.254 e. The van der Waals surface area contributed by atoms with Gasteiger partial charge in [-0.2, -0.15) is 16.8 Å². The first-order chi connectivity index (χ1) is 20.1. The second kappa shape index (κ2) is 12.6. The molecule has 4 aromatic carbocycles. The molecule has 4 aromatic rings. The van der Waals surface area contributed by atoms with Gasteiger partial charge in [0.15, 0.2) is 0 Å². The Morgan fingerprint density at radius 1 is 0.535 bits per heavy atom. The quantitative estimate of drug-likeness (QED) is 0.170. The van der Waals surface area contributed by atoms with E-state index in [2.05, 4.69) is 0 Å². The van der Waals surface area contributed by atoms with Gasteiger partial charge in [0, 0.05) is 26.2 Å².